The number of carbonyl (C=O) groups excluding carboxylic acids is 1. The van der Waals surface area contributed by atoms with Crippen LogP contribution in [0.3, 0.4) is 0 Å². The lowest BCUT2D eigenvalue weighted by Gasteiger charge is -2.32. The average Bonchev–Trinajstić information content (AvgIpc) is 3.11. The number of benzene rings is 1. The number of anilines is 2. The van der Waals surface area contributed by atoms with E-state index in [9.17, 15) is 4.79 Å². The van der Waals surface area contributed by atoms with Gasteiger partial charge in [0.1, 0.15) is 12.1 Å². The molecule has 1 N–H and O–H groups in total. The molecule has 0 bridgehead atoms. The van der Waals surface area contributed by atoms with Gasteiger partial charge in [-0.2, -0.15) is 4.52 Å². The van der Waals surface area contributed by atoms with E-state index in [4.69, 9.17) is 11.6 Å². The Morgan fingerprint density at radius 2 is 1.88 bits per heavy atom. The van der Waals surface area contributed by atoms with Gasteiger partial charge >= 0.3 is 0 Å². The molecule has 8 heteroatoms. The number of carbonyl (C=O) groups is 1. The second kappa shape index (κ2) is 6.68. The van der Waals surface area contributed by atoms with Gasteiger partial charge < -0.3 is 10.2 Å². The van der Waals surface area contributed by atoms with Crippen molar-refractivity contribution in [3.8, 4) is 0 Å². The zero-order valence-electron chi connectivity index (χ0n) is 13.5. The number of piperidine rings is 1. The molecular formula is C17H17ClN6O. The first-order valence-electron chi connectivity index (χ1n) is 8.17. The summed E-state index contributed by atoms with van der Waals surface area (Å²) in [5.41, 5.74) is 1.50. The van der Waals surface area contributed by atoms with Crippen LogP contribution >= 0.6 is 11.6 Å². The summed E-state index contributed by atoms with van der Waals surface area (Å²) in [7, 11) is 0. The molecule has 128 valence electrons. The van der Waals surface area contributed by atoms with Gasteiger partial charge in [0.05, 0.1) is 0 Å². The van der Waals surface area contributed by atoms with E-state index in [0.717, 1.165) is 43.1 Å². The highest BCUT2D eigenvalue weighted by Crippen LogP contribution is 2.23. The molecule has 0 radical (unpaired) electrons. The van der Waals surface area contributed by atoms with Crippen LogP contribution in [-0.4, -0.2) is 38.8 Å². The van der Waals surface area contributed by atoms with Crippen molar-refractivity contribution in [3.63, 3.8) is 0 Å². The maximum atomic E-state index is 12.4. The molecule has 0 aliphatic carbocycles. The summed E-state index contributed by atoms with van der Waals surface area (Å²) in [6.45, 7) is 1.58. The van der Waals surface area contributed by atoms with Gasteiger partial charge in [-0.25, -0.2) is 0 Å². The fourth-order valence-electron chi connectivity index (χ4n) is 3.04. The Bertz CT molecular complexity index is 886. The smallest absolute Gasteiger partial charge is 0.227 e. The van der Waals surface area contributed by atoms with Crippen LogP contribution in [0.5, 0.6) is 0 Å². The number of amides is 1. The average molecular weight is 357 g/mol. The summed E-state index contributed by atoms with van der Waals surface area (Å²) in [6.07, 6.45) is 3.17. The van der Waals surface area contributed by atoms with Crippen molar-refractivity contribution in [2.75, 3.05) is 23.3 Å². The van der Waals surface area contributed by atoms with Crippen LogP contribution in [0.25, 0.3) is 5.65 Å². The Hall–Kier alpha value is -2.67. The summed E-state index contributed by atoms with van der Waals surface area (Å²) in [5, 5.41) is 15.9. The van der Waals surface area contributed by atoms with E-state index in [1.54, 1.807) is 23.0 Å². The molecule has 2 aromatic heterocycles. The number of rotatable bonds is 3. The molecule has 0 atom stereocenters. The van der Waals surface area contributed by atoms with Gasteiger partial charge in [-0.1, -0.05) is 11.6 Å². The van der Waals surface area contributed by atoms with Gasteiger partial charge in [-0.15, -0.1) is 15.3 Å². The van der Waals surface area contributed by atoms with Crippen molar-refractivity contribution < 1.29 is 4.79 Å². The highest BCUT2D eigenvalue weighted by Gasteiger charge is 2.26. The van der Waals surface area contributed by atoms with Crippen LogP contribution < -0.4 is 10.2 Å². The molecular weight excluding hydrogens is 340 g/mol. The molecule has 25 heavy (non-hydrogen) atoms. The lowest BCUT2D eigenvalue weighted by Crippen LogP contribution is -2.38. The van der Waals surface area contributed by atoms with Crippen LogP contribution in [0.2, 0.25) is 5.02 Å². The van der Waals surface area contributed by atoms with Crippen molar-refractivity contribution in [1.82, 2.24) is 19.8 Å². The molecule has 7 nitrogen and oxygen atoms in total. The molecule has 4 rings (SSSR count). The minimum absolute atomic E-state index is 0.00516. The summed E-state index contributed by atoms with van der Waals surface area (Å²) in [6, 6.07) is 11.0. The van der Waals surface area contributed by atoms with Crippen LogP contribution in [-0.2, 0) is 4.79 Å². The molecule has 1 aromatic carbocycles. The van der Waals surface area contributed by atoms with E-state index in [1.165, 1.54) is 0 Å². The monoisotopic (exact) mass is 356 g/mol. The molecule has 1 aliphatic heterocycles. The maximum Gasteiger partial charge on any atom is 0.227 e. The minimum atomic E-state index is 0.00516. The SMILES string of the molecule is O=C(Nc1ccc(Cl)cc1)C1CCN(c2ccc3nncn3n2)CC1. The van der Waals surface area contributed by atoms with Gasteiger partial charge in [-0.3, -0.25) is 4.79 Å². The summed E-state index contributed by atoms with van der Waals surface area (Å²) < 4.78 is 1.66. The zero-order valence-corrected chi connectivity index (χ0v) is 14.2. The van der Waals surface area contributed by atoms with Gasteiger partial charge in [0, 0.05) is 29.7 Å². The third-order valence-electron chi connectivity index (χ3n) is 4.45. The molecule has 1 amide bonds. The standard InChI is InChI=1S/C17H17ClN6O/c18-13-1-3-14(4-2-13)20-17(25)12-7-9-23(10-8-12)16-6-5-15-21-19-11-24(15)22-16/h1-6,11-12H,7-10H2,(H,20,25). The Morgan fingerprint density at radius 3 is 2.64 bits per heavy atom. The zero-order chi connectivity index (χ0) is 17.2. The summed E-state index contributed by atoms with van der Waals surface area (Å²) in [4.78, 5) is 14.6. The van der Waals surface area contributed by atoms with E-state index < -0.39 is 0 Å². The molecule has 0 unspecified atom stereocenters. The van der Waals surface area contributed by atoms with Crippen molar-refractivity contribution >= 4 is 34.7 Å². The number of nitrogens with zero attached hydrogens (tertiary/aromatic N) is 5. The van der Waals surface area contributed by atoms with E-state index in [0.29, 0.717) is 5.02 Å². The number of hydrogen-bond donors (Lipinski definition) is 1. The predicted molar refractivity (Wildman–Crippen MR) is 95.8 cm³/mol. The van der Waals surface area contributed by atoms with Crippen LogP contribution in [0, 0.1) is 5.92 Å². The van der Waals surface area contributed by atoms with Crippen molar-refractivity contribution in [2.45, 2.75) is 12.8 Å². The third kappa shape index (κ3) is 3.41. The third-order valence-corrected chi connectivity index (χ3v) is 4.70. The molecule has 1 aliphatic rings. The summed E-state index contributed by atoms with van der Waals surface area (Å²) >= 11 is 5.87. The van der Waals surface area contributed by atoms with E-state index in [1.807, 2.05) is 24.3 Å². The first-order chi connectivity index (χ1) is 12.2. The summed E-state index contributed by atoms with van der Waals surface area (Å²) in [5.74, 6) is 0.943. The molecule has 3 heterocycles. The van der Waals surface area contributed by atoms with Gasteiger partial charge in [0.2, 0.25) is 5.91 Å². The van der Waals surface area contributed by atoms with Gasteiger partial charge in [-0.05, 0) is 49.2 Å². The predicted octanol–water partition coefficient (Wildman–Crippen LogP) is 2.63. The van der Waals surface area contributed by atoms with E-state index in [2.05, 4.69) is 25.5 Å². The fourth-order valence-corrected chi connectivity index (χ4v) is 3.16. The van der Waals surface area contributed by atoms with E-state index in [-0.39, 0.29) is 11.8 Å². The van der Waals surface area contributed by atoms with Gasteiger partial charge in [0.25, 0.3) is 0 Å². The largest absolute Gasteiger partial charge is 0.355 e. The van der Waals surface area contributed by atoms with Crippen LogP contribution in [0.15, 0.2) is 42.7 Å². The first kappa shape index (κ1) is 15.8. The van der Waals surface area contributed by atoms with Crippen LogP contribution in [0.1, 0.15) is 12.8 Å². The Kier molecular flexibility index (Phi) is 4.23. The number of aromatic nitrogens is 4. The van der Waals surface area contributed by atoms with Crippen molar-refractivity contribution in [1.29, 1.82) is 0 Å². The Balaban J connectivity index is 1.37. The first-order valence-corrected chi connectivity index (χ1v) is 8.55. The van der Waals surface area contributed by atoms with Gasteiger partial charge in [0.15, 0.2) is 5.65 Å². The Labute approximate surface area is 149 Å². The number of nitrogens with one attached hydrogen (secondary N) is 1. The normalized spacial score (nSPS) is 15.5. The Morgan fingerprint density at radius 1 is 1.12 bits per heavy atom. The second-order valence-electron chi connectivity index (χ2n) is 6.08. The molecule has 0 saturated carbocycles. The van der Waals surface area contributed by atoms with Crippen LogP contribution in [0.4, 0.5) is 11.5 Å². The van der Waals surface area contributed by atoms with Crippen molar-refractivity contribution in [2.24, 2.45) is 5.92 Å². The fraction of sp³-hybridized carbons (Fsp3) is 0.294. The lowest BCUT2D eigenvalue weighted by molar-refractivity contribution is -0.120. The highest BCUT2D eigenvalue weighted by molar-refractivity contribution is 6.30. The second-order valence-corrected chi connectivity index (χ2v) is 6.52. The molecule has 1 saturated heterocycles. The number of halogens is 1. The quantitative estimate of drug-likeness (QED) is 0.780. The minimum Gasteiger partial charge on any atom is -0.355 e. The molecule has 1 fully saturated rings. The molecule has 0 spiro atoms. The number of hydrogen-bond acceptors (Lipinski definition) is 5. The van der Waals surface area contributed by atoms with Crippen molar-refractivity contribution in [3.05, 3.63) is 47.7 Å². The lowest BCUT2D eigenvalue weighted by atomic mass is 9.96. The maximum absolute atomic E-state index is 12.4. The molecule has 3 aromatic rings. The number of fused-ring (bicyclic) bond motifs is 1. The topological polar surface area (TPSA) is 75.4 Å². The van der Waals surface area contributed by atoms with E-state index >= 15 is 0 Å². The highest BCUT2D eigenvalue weighted by atomic mass is 35.5.